The van der Waals surface area contributed by atoms with Crippen LogP contribution in [0.2, 0.25) is 0 Å². The van der Waals surface area contributed by atoms with Gasteiger partial charge in [-0.3, -0.25) is 4.79 Å². The van der Waals surface area contributed by atoms with Crippen LogP contribution < -0.4 is 5.73 Å². The molecule has 0 aliphatic heterocycles. The average molecular weight is 157 g/mol. The zero-order valence-electron chi connectivity index (χ0n) is 6.51. The van der Waals surface area contributed by atoms with Crippen molar-refractivity contribution in [2.45, 2.75) is 25.9 Å². The first-order chi connectivity index (χ1) is 5.11. The first-order valence-corrected chi connectivity index (χ1v) is 3.70. The van der Waals surface area contributed by atoms with Crippen LogP contribution >= 0.6 is 0 Å². The van der Waals surface area contributed by atoms with E-state index in [1.54, 1.807) is 0 Å². The van der Waals surface area contributed by atoms with Gasteiger partial charge in [-0.2, -0.15) is 0 Å². The van der Waals surface area contributed by atoms with Crippen LogP contribution in [0.3, 0.4) is 0 Å². The number of alkyl halides is 1. The smallest absolute Gasteiger partial charge is 0.223 e. The SMILES string of the molecule is CC1=CCC(C(N)=O)C(F)C1. The quantitative estimate of drug-likeness (QED) is 0.570. The molecule has 0 aromatic rings. The molecule has 0 radical (unpaired) electrons. The summed E-state index contributed by atoms with van der Waals surface area (Å²) in [6.07, 6.45) is 1.62. The molecule has 2 N–H and O–H groups in total. The molecule has 1 aliphatic carbocycles. The van der Waals surface area contributed by atoms with Crippen LogP contribution in [0.25, 0.3) is 0 Å². The largest absolute Gasteiger partial charge is 0.369 e. The molecule has 3 heteroatoms. The predicted octanol–water partition coefficient (Wildman–Crippen LogP) is 1.17. The van der Waals surface area contributed by atoms with E-state index in [0.717, 1.165) is 5.57 Å². The van der Waals surface area contributed by atoms with Crippen molar-refractivity contribution in [3.8, 4) is 0 Å². The van der Waals surface area contributed by atoms with E-state index in [9.17, 15) is 9.18 Å². The van der Waals surface area contributed by atoms with Gasteiger partial charge in [0.2, 0.25) is 5.91 Å². The summed E-state index contributed by atoms with van der Waals surface area (Å²) in [6.45, 7) is 1.86. The third kappa shape index (κ3) is 1.79. The molecule has 0 saturated carbocycles. The Labute approximate surface area is 65.3 Å². The molecule has 1 amide bonds. The highest BCUT2D eigenvalue weighted by Crippen LogP contribution is 2.25. The minimum Gasteiger partial charge on any atom is -0.369 e. The fourth-order valence-electron chi connectivity index (χ4n) is 1.30. The fourth-order valence-corrected chi connectivity index (χ4v) is 1.30. The van der Waals surface area contributed by atoms with Gasteiger partial charge in [-0.15, -0.1) is 0 Å². The van der Waals surface area contributed by atoms with Crippen LogP contribution in [0.1, 0.15) is 19.8 Å². The Morgan fingerprint density at radius 3 is 2.91 bits per heavy atom. The van der Waals surface area contributed by atoms with E-state index in [-0.39, 0.29) is 0 Å². The van der Waals surface area contributed by atoms with Gasteiger partial charge >= 0.3 is 0 Å². The van der Waals surface area contributed by atoms with E-state index in [1.807, 2.05) is 13.0 Å². The molecule has 0 aromatic heterocycles. The molecule has 0 bridgehead atoms. The zero-order valence-corrected chi connectivity index (χ0v) is 6.51. The summed E-state index contributed by atoms with van der Waals surface area (Å²) in [4.78, 5) is 10.6. The third-order valence-electron chi connectivity index (χ3n) is 2.04. The van der Waals surface area contributed by atoms with Crippen molar-refractivity contribution in [2.75, 3.05) is 0 Å². The number of carbonyl (C=O) groups is 1. The third-order valence-corrected chi connectivity index (χ3v) is 2.04. The van der Waals surface area contributed by atoms with Crippen LogP contribution in [0.4, 0.5) is 4.39 Å². The Morgan fingerprint density at radius 1 is 1.82 bits per heavy atom. The standard InChI is InChI=1S/C8H12FNO/c1-5-2-3-6(8(10)11)7(9)4-5/h2,6-7H,3-4H2,1H3,(H2,10,11). The number of halogens is 1. The molecule has 1 aliphatic rings. The lowest BCUT2D eigenvalue weighted by atomic mass is 9.88. The van der Waals surface area contributed by atoms with Gasteiger partial charge in [0.05, 0.1) is 5.92 Å². The van der Waals surface area contributed by atoms with Crippen molar-refractivity contribution in [3.05, 3.63) is 11.6 Å². The summed E-state index contributed by atoms with van der Waals surface area (Å²) in [5.74, 6) is -1.13. The molecule has 62 valence electrons. The number of rotatable bonds is 1. The molecular formula is C8H12FNO. The first kappa shape index (κ1) is 8.24. The second kappa shape index (κ2) is 3.03. The highest BCUT2D eigenvalue weighted by Gasteiger charge is 2.28. The van der Waals surface area contributed by atoms with Gasteiger partial charge in [-0.05, 0) is 13.3 Å². The molecule has 0 aromatic carbocycles. The number of nitrogens with two attached hydrogens (primary N) is 1. The van der Waals surface area contributed by atoms with Crippen molar-refractivity contribution in [3.63, 3.8) is 0 Å². The summed E-state index contributed by atoms with van der Waals surface area (Å²) in [7, 11) is 0. The van der Waals surface area contributed by atoms with Crippen LogP contribution in [0.5, 0.6) is 0 Å². The Bertz CT molecular complexity index is 200. The molecule has 2 nitrogen and oxygen atoms in total. The summed E-state index contributed by atoms with van der Waals surface area (Å²) in [5.41, 5.74) is 6.00. The average Bonchev–Trinajstić information content (AvgIpc) is 1.85. The normalized spacial score (nSPS) is 31.3. The van der Waals surface area contributed by atoms with Gasteiger partial charge in [0, 0.05) is 6.42 Å². The van der Waals surface area contributed by atoms with E-state index < -0.39 is 18.0 Å². The first-order valence-electron chi connectivity index (χ1n) is 3.70. The molecule has 0 heterocycles. The number of amides is 1. The molecule has 2 unspecified atom stereocenters. The lowest BCUT2D eigenvalue weighted by Crippen LogP contribution is -2.32. The van der Waals surface area contributed by atoms with Crippen LogP contribution in [0, 0.1) is 5.92 Å². The number of hydrogen-bond donors (Lipinski definition) is 1. The Balaban J connectivity index is 2.65. The Hall–Kier alpha value is -0.860. The minimum atomic E-state index is -1.07. The molecule has 1 rings (SSSR count). The highest BCUT2D eigenvalue weighted by molar-refractivity contribution is 5.77. The highest BCUT2D eigenvalue weighted by atomic mass is 19.1. The lowest BCUT2D eigenvalue weighted by molar-refractivity contribution is -0.123. The van der Waals surface area contributed by atoms with Gasteiger partial charge in [0.25, 0.3) is 0 Å². The maximum Gasteiger partial charge on any atom is 0.223 e. The van der Waals surface area contributed by atoms with Gasteiger partial charge < -0.3 is 5.73 Å². The van der Waals surface area contributed by atoms with E-state index in [0.29, 0.717) is 12.8 Å². The van der Waals surface area contributed by atoms with Gasteiger partial charge in [0.1, 0.15) is 6.17 Å². The van der Waals surface area contributed by atoms with Crippen LogP contribution in [-0.4, -0.2) is 12.1 Å². The number of carbonyl (C=O) groups excluding carboxylic acids is 1. The monoisotopic (exact) mass is 157 g/mol. The van der Waals surface area contributed by atoms with Crippen molar-refractivity contribution in [1.29, 1.82) is 0 Å². The van der Waals surface area contributed by atoms with Gasteiger partial charge in [-0.25, -0.2) is 4.39 Å². The Kier molecular flexibility index (Phi) is 2.27. The second-order valence-electron chi connectivity index (χ2n) is 3.02. The maximum atomic E-state index is 13.0. The summed E-state index contributed by atoms with van der Waals surface area (Å²) in [5, 5.41) is 0. The van der Waals surface area contributed by atoms with Crippen molar-refractivity contribution >= 4 is 5.91 Å². The number of allylic oxidation sites excluding steroid dienone is 2. The minimum absolute atomic E-state index is 0.355. The van der Waals surface area contributed by atoms with E-state index in [2.05, 4.69) is 0 Å². The van der Waals surface area contributed by atoms with Crippen molar-refractivity contribution in [2.24, 2.45) is 11.7 Å². The second-order valence-corrected chi connectivity index (χ2v) is 3.02. The van der Waals surface area contributed by atoms with E-state index in [1.165, 1.54) is 0 Å². The Morgan fingerprint density at radius 2 is 2.45 bits per heavy atom. The number of hydrogen-bond acceptors (Lipinski definition) is 1. The van der Waals surface area contributed by atoms with E-state index >= 15 is 0 Å². The topological polar surface area (TPSA) is 43.1 Å². The van der Waals surface area contributed by atoms with Gasteiger partial charge in [0.15, 0.2) is 0 Å². The van der Waals surface area contributed by atoms with Crippen molar-refractivity contribution in [1.82, 2.24) is 0 Å². The van der Waals surface area contributed by atoms with E-state index in [4.69, 9.17) is 5.73 Å². The molecular weight excluding hydrogens is 145 g/mol. The predicted molar refractivity (Wildman–Crippen MR) is 40.6 cm³/mol. The summed E-state index contributed by atoms with van der Waals surface area (Å²) in [6, 6.07) is 0. The molecule has 11 heavy (non-hydrogen) atoms. The molecule has 0 spiro atoms. The number of primary amides is 1. The van der Waals surface area contributed by atoms with Crippen LogP contribution in [-0.2, 0) is 4.79 Å². The van der Waals surface area contributed by atoms with Crippen LogP contribution in [0.15, 0.2) is 11.6 Å². The molecule has 0 fully saturated rings. The maximum absolute atomic E-state index is 13.0. The van der Waals surface area contributed by atoms with Gasteiger partial charge in [-0.1, -0.05) is 11.6 Å². The molecule has 0 saturated heterocycles. The van der Waals surface area contributed by atoms with Crippen molar-refractivity contribution < 1.29 is 9.18 Å². The molecule has 2 atom stereocenters. The lowest BCUT2D eigenvalue weighted by Gasteiger charge is -2.21. The summed E-state index contributed by atoms with van der Waals surface area (Å²) < 4.78 is 13.0. The fraction of sp³-hybridized carbons (Fsp3) is 0.625. The summed E-state index contributed by atoms with van der Waals surface area (Å²) >= 11 is 0. The zero-order chi connectivity index (χ0) is 8.43.